The van der Waals surface area contributed by atoms with Gasteiger partial charge in [-0.15, -0.1) is 11.3 Å². The average molecular weight is 297 g/mol. The lowest BCUT2D eigenvalue weighted by Crippen LogP contribution is -2.04. The molecule has 16 heavy (non-hydrogen) atoms. The third kappa shape index (κ3) is 2.62. The molecule has 0 spiro atoms. The van der Waals surface area contributed by atoms with Crippen molar-refractivity contribution in [2.75, 3.05) is 5.32 Å². The van der Waals surface area contributed by atoms with Gasteiger partial charge in [0.25, 0.3) is 0 Å². The van der Waals surface area contributed by atoms with Crippen molar-refractivity contribution in [3.05, 3.63) is 44.8 Å². The van der Waals surface area contributed by atoms with Gasteiger partial charge < -0.3 is 5.32 Å². The van der Waals surface area contributed by atoms with Gasteiger partial charge in [0.1, 0.15) is 0 Å². The van der Waals surface area contributed by atoms with Gasteiger partial charge in [0.15, 0.2) is 0 Å². The highest BCUT2D eigenvalue weighted by atomic mass is 79.9. The summed E-state index contributed by atoms with van der Waals surface area (Å²) in [5.74, 6) is 0. The number of anilines is 1. The van der Waals surface area contributed by atoms with Crippen molar-refractivity contribution in [1.29, 1.82) is 0 Å². The number of hydrogen-bond acceptors (Lipinski definition) is 3. The van der Waals surface area contributed by atoms with Crippen LogP contribution in [0.3, 0.4) is 0 Å². The summed E-state index contributed by atoms with van der Waals surface area (Å²) in [7, 11) is 0. The number of aryl methyl sites for hydroxylation is 1. The molecule has 1 unspecified atom stereocenters. The van der Waals surface area contributed by atoms with E-state index in [0.717, 1.165) is 10.2 Å². The first-order valence-corrected chi connectivity index (χ1v) is 6.75. The smallest absolute Gasteiger partial charge is 0.0795 e. The van der Waals surface area contributed by atoms with E-state index in [4.69, 9.17) is 0 Å². The monoisotopic (exact) mass is 296 g/mol. The molecular weight excluding hydrogens is 284 g/mol. The quantitative estimate of drug-likeness (QED) is 0.909. The Morgan fingerprint density at radius 3 is 2.88 bits per heavy atom. The summed E-state index contributed by atoms with van der Waals surface area (Å²) in [5.41, 5.74) is 4.23. The van der Waals surface area contributed by atoms with E-state index in [-0.39, 0.29) is 0 Å². The standard InChI is InChI=1S/C12H13BrN2S/c1-8-3-4-10(5-11(8)13)15-9(2)12-6-14-7-16-12/h3-7,9,15H,1-2H3. The van der Waals surface area contributed by atoms with Crippen molar-refractivity contribution in [2.45, 2.75) is 19.9 Å². The molecule has 0 aliphatic rings. The van der Waals surface area contributed by atoms with Crippen LogP contribution in [0.25, 0.3) is 0 Å². The molecule has 0 radical (unpaired) electrons. The zero-order valence-electron chi connectivity index (χ0n) is 9.20. The lowest BCUT2D eigenvalue weighted by Gasteiger charge is -2.14. The van der Waals surface area contributed by atoms with Crippen LogP contribution < -0.4 is 5.32 Å². The first-order valence-electron chi connectivity index (χ1n) is 5.08. The number of halogens is 1. The van der Waals surface area contributed by atoms with Gasteiger partial charge in [0.2, 0.25) is 0 Å². The maximum Gasteiger partial charge on any atom is 0.0795 e. The molecule has 4 heteroatoms. The van der Waals surface area contributed by atoms with Gasteiger partial charge in [-0.25, -0.2) is 0 Å². The number of hydrogen-bond donors (Lipinski definition) is 1. The lowest BCUT2D eigenvalue weighted by molar-refractivity contribution is 0.903. The Hall–Kier alpha value is -0.870. The molecule has 1 aromatic heterocycles. The van der Waals surface area contributed by atoms with Crippen molar-refractivity contribution >= 4 is 33.0 Å². The Bertz CT molecular complexity index is 468. The highest BCUT2D eigenvalue weighted by Gasteiger charge is 2.07. The summed E-state index contributed by atoms with van der Waals surface area (Å²) in [6.45, 7) is 4.22. The maximum atomic E-state index is 4.09. The summed E-state index contributed by atoms with van der Waals surface area (Å²) in [6.07, 6.45) is 1.91. The van der Waals surface area contributed by atoms with Crippen LogP contribution in [0.5, 0.6) is 0 Å². The minimum atomic E-state index is 0.294. The van der Waals surface area contributed by atoms with Crippen LogP contribution >= 0.6 is 27.3 Å². The van der Waals surface area contributed by atoms with E-state index in [1.807, 2.05) is 11.7 Å². The van der Waals surface area contributed by atoms with Crippen molar-refractivity contribution in [3.63, 3.8) is 0 Å². The molecule has 0 amide bonds. The number of nitrogens with one attached hydrogen (secondary N) is 1. The number of thiazole rings is 1. The molecular formula is C12H13BrN2S. The van der Waals surface area contributed by atoms with Crippen LogP contribution in [0, 0.1) is 6.92 Å². The third-order valence-electron chi connectivity index (χ3n) is 2.43. The molecule has 2 nitrogen and oxygen atoms in total. The fraction of sp³-hybridized carbons (Fsp3) is 0.250. The van der Waals surface area contributed by atoms with Crippen LogP contribution in [0.15, 0.2) is 34.4 Å². The second-order valence-corrected chi connectivity index (χ2v) is 5.51. The van der Waals surface area contributed by atoms with Crippen LogP contribution in [0.1, 0.15) is 23.4 Å². The van der Waals surface area contributed by atoms with E-state index in [9.17, 15) is 0 Å². The van der Waals surface area contributed by atoms with Crippen molar-refractivity contribution in [3.8, 4) is 0 Å². The lowest BCUT2D eigenvalue weighted by atomic mass is 10.2. The highest BCUT2D eigenvalue weighted by molar-refractivity contribution is 9.10. The van der Waals surface area contributed by atoms with E-state index in [1.54, 1.807) is 11.3 Å². The van der Waals surface area contributed by atoms with Gasteiger partial charge in [-0.2, -0.15) is 0 Å². The van der Waals surface area contributed by atoms with Gasteiger partial charge in [-0.1, -0.05) is 22.0 Å². The molecule has 1 aromatic carbocycles. The Morgan fingerprint density at radius 2 is 2.25 bits per heavy atom. The largest absolute Gasteiger partial charge is 0.378 e. The topological polar surface area (TPSA) is 24.9 Å². The predicted octanol–water partition coefficient (Wildman–Crippen LogP) is 4.39. The van der Waals surface area contributed by atoms with Gasteiger partial charge in [-0.3, -0.25) is 4.98 Å². The van der Waals surface area contributed by atoms with Gasteiger partial charge in [0.05, 0.1) is 11.6 Å². The van der Waals surface area contributed by atoms with Gasteiger partial charge >= 0.3 is 0 Å². The zero-order valence-corrected chi connectivity index (χ0v) is 11.6. The first-order chi connectivity index (χ1) is 7.66. The second-order valence-electron chi connectivity index (χ2n) is 3.73. The molecule has 1 atom stereocenters. The van der Waals surface area contributed by atoms with Crippen molar-refractivity contribution < 1.29 is 0 Å². The fourth-order valence-corrected chi connectivity index (χ4v) is 2.45. The molecule has 0 saturated carbocycles. The zero-order chi connectivity index (χ0) is 11.5. The Labute approximate surface area is 108 Å². The number of nitrogens with zero attached hydrogens (tertiary/aromatic N) is 1. The average Bonchev–Trinajstić information content (AvgIpc) is 2.77. The van der Waals surface area contributed by atoms with Crippen LogP contribution in [-0.2, 0) is 0 Å². The summed E-state index contributed by atoms with van der Waals surface area (Å²) < 4.78 is 1.13. The molecule has 0 bridgehead atoms. The number of aromatic nitrogens is 1. The molecule has 0 aliphatic heterocycles. The molecule has 0 aliphatic carbocycles. The van der Waals surface area contributed by atoms with E-state index in [2.05, 4.69) is 58.3 Å². The molecule has 0 fully saturated rings. The van der Waals surface area contributed by atoms with Gasteiger partial charge in [0, 0.05) is 21.2 Å². The fourth-order valence-electron chi connectivity index (χ4n) is 1.44. The van der Waals surface area contributed by atoms with Crippen LogP contribution in [-0.4, -0.2) is 4.98 Å². The molecule has 2 aromatic rings. The van der Waals surface area contributed by atoms with E-state index < -0.39 is 0 Å². The molecule has 1 heterocycles. The second kappa shape index (κ2) is 4.97. The summed E-state index contributed by atoms with van der Waals surface area (Å²) in [5, 5.41) is 3.45. The Morgan fingerprint density at radius 1 is 1.44 bits per heavy atom. The summed E-state index contributed by atoms with van der Waals surface area (Å²) in [4.78, 5) is 5.33. The third-order valence-corrected chi connectivity index (χ3v) is 4.25. The van der Waals surface area contributed by atoms with E-state index in [1.165, 1.54) is 10.4 Å². The number of benzene rings is 1. The van der Waals surface area contributed by atoms with Gasteiger partial charge in [-0.05, 0) is 31.5 Å². The minimum Gasteiger partial charge on any atom is -0.378 e. The molecule has 0 saturated heterocycles. The molecule has 84 valence electrons. The van der Waals surface area contributed by atoms with Crippen LogP contribution in [0.2, 0.25) is 0 Å². The van der Waals surface area contributed by atoms with Crippen LogP contribution in [0.4, 0.5) is 5.69 Å². The minimum absolute atomic E-state index is 0.294. The summed E-state index contributed by atoms with van der Waals surface area (Å²) in [6, 6.07) is 6.60. The molecule has 1 N–H and O–H groups in total. The Balaban J connectivity index is 2.12. The summed E-state index contributed by atoms with van der Waals surface area (Å²) >= 11 is 5.21. The molecule has 2 rings (SSSR count). The highest BCUT2D eigenvalue weighted by Crippen LogP contribution is 2.25. The maximum absolute atomic E-state index is 4.09. The van der Waals surface area contributed by atoms with Crippen molar-refractivity contribution in [1.82, 2.24) is 4.98 Å². The SMILES string of the molecule is Cc1ccc(NC(C)c2cncs2)cc1Br. The first kappa shape index (κ1) is 11.6. The number of rotatable bonds is 3. The van der Waals surface area contributed by atoms with E-state index in [0.29, 0.717) is 6.04 Å². The predicted molar refractivity (Wildman–Crippen MR) is 73.0 cm³/mol. The van der Waals surface area contributed by atoms with E-state index >= 15 is 0 Å². The normalized spacial score (nSPS) is 12.4. The van der Waals surface area contributed by atoms with Crippen molar-refractivity contribution in [2.24, 2.45) is 0 Å². The Kier molecular flexibility index (Phi) is 3.61.